The summed E-state index contributed by atoms with van der Waals surface area (Å²) in [5.74, 6) is 0. The van der Waals surface area contributed by atoms with E-state index < -0.39 is 12.6 Å². The van der Waals surface area contributed by atoms with Gasteiger partial charge in [-0.3, -0.25) is 0 Å². The van der Waals surface area contributed by atoms with Crippen LogP contribution in [0.5, 0.6) is 0 Å². The Balaban J connectivity index is 1.93. The first-order valence-corrected chi connectivity index (χ1v) is 7.07. The van der Waals surface area contributed by atoms with Gasteiger partial charge in [0.15, 0.2) is 0 Å². The smallest absolute Gasteiger partial charge is 0.300 e. The van der Waals surface area contributed by atoms with Gasteiger partial charge < -0.3 is 4.90 Å². The molecule has 1 aromatic heterocycles. The van der Waals surface area contributed by atoms with Crippen LogP contribution in [-0.2, 0) is 6.54 Å². The van der Waals surface area contributed by atoms with Gasteiger partial charge in [-0.05, 0) is 7.05 Å². The zero-order chi connectivity index (χ0) is 14.6. The lowest BCUT2D eigenvalue weighted by molar-refractivity contribution is -0.137. The monoisotopic (exact) mass is 300 g/mol. The SMILES string of the molecule is CN(CCC(F)(F)F)Cc1csc(-c2ccccc2)n1. The van der Waals surface area contributed by atoms with Crippen molar-refractivity contribution in [1.82, 2.24) is 9.88 Å². The van der Waals surface area contributed by atoms with E-state index in [0.717, 1.165) is 16.3 Å². The van der Waals surface area contributed by atoms with Crippen LogP contribution < -0.4 is 0 Å². The zero-order valence-electron chi connectivity index (χ0n) is 11.0. The number of aromatic nitrogens is 1. The first-order chi connectivity index (χ1) is 9.44. The molecule has 2 nitrogen and oxygen atoms in total. The Kier molecular flexibility index (Phi) is 4.77. The summed E-state index contributed by atoms with van der Waals surface area (Å²) in [4.78, 5) is 6.10. The molecule has 6 heteroatoms. The first kappa shape index (κ1) is 15.0. The molecule has 0 bridgehead atoms. The Morgan fingerprint density at radius 1 is 1.20 bits per heavy atom. The molecule has 20 heavy (non-hydrogen) atoms. The third kappa shape index (κ3) is 4.61. The molecular formula is C14H15F3N2S. The Bertz CT molecular complexity index is 537. The lowest BCUT2D eigenvalue weighted by Crippen LogP contribution is -2.24. The van der Waals surface area contributed by atoms with Crippen molar-refractivity contribution in [3.05, 3.63) is 41.4 Å². The summed E-state index contributed by atoms with van der Waals surface area (Å²) in [7, 11) is 1.67. The summed E-state index contributed by atoms with van der Waals surface area (Å²) in [6, 6.07) is 9.74. The Labute approximate surface area is 119 Å². The molecule has 2 rings (SSSR count). The normalized spacial score (nSPS) is 12.1. The maximum absolute atomic E-state index is 12.1. The molecule has 0 fully saturated rings. The number of hydrogen-bond donors (Lipinski definition) is 0. The molecule has 0 saturated heterocycles. The Morgan fingerprint density at radius 3 is 2.55 bits per heavy atom. The molecule has 0 radical (unpaired) electrons. The molecule has 1 aromatic carbocycles. The van der Waals surface area contributed by atoms with Gasteiger partial charge in [-0.15, -0.1) is 11.3 Å². The standard InChI is InChI=1S/C14H15F3N2S/c1-19(8-7-14(15,16)17)9-12-10-20-13(18-12)11-5-3-2-4-6-11/h2-6,10H,7-9H2,1H3. The van der Waals surface area contributed by atoms with E-state index in [1.807, 2.05) is 35.7 Å². The van der Waals surface area contributed by atoms with Crippen LogP contribution in [0.15, 0.2) is 35.7 Å². The molecular weight excluding hydrogens is 285 g/mol. The lowest BCUT2D eigenvalue weighted by Gasteiger charge is -2.16. The van der Waals surface area contributed by atoms with Crippen molar-refractivity contribution >= 4 is 11.3 Å². The van der Waals surface area contributed by atoms with E-state index in [4.69, 9.17) is 0 Å². The van der Waals surface area contributed by atoms with Gasteiger partial charge in [-0.25, -0.2) is 4.98 Å². The number of thiazole rings is 1. The number of nitrogens with zero attached hydrogens (tertiary/aromatic N) is 2. The maximum Gasteiger partial charge on any atom is 0.390 e. The minimum atomic E-state index is -4.11. The number of hydrogen-bond acceptors (Lipinski definition) is 3. The Hall–Kier alpha value is -1.40. The van der Waals surface area contributed by atoms with E-state index in [-0.39, 0.29) is 6.54 Å². The van der Waals surface area contributed by atoms with Gasteiger partial charge in [0.1, 0.15) is 5.01 Å². The van der Waals surface area contributed by atoms with Crippen LogP contribution in [0, 0.1) is 0 Å². The van der Waals surface area contributed by atoms with Crippen LogP contribution in [0.3, 0.4) is 0 Å². The highest BCUT2D eigenvalue weighted by atomic mass is 32.1. The number of benzene rings is 1. The minimum absolute atomic E-state index is 0.0122. The van der Waals surface area contributed by atoms with E-state index in [2.05, 4.69) is 4.98 Å². The third-order valence-electron chi connectivity index (χ3n) is 2.78. The first-order valence-electron chi connectivity index (χ1n) is 6.19. The van der Waals surface area contributed by atoms with Crippen molar-refractivity contribution in [3.63, 3.8) is 0 Å². The summed E-state index contributed by atoms with van der Waals surface area (Å²) >= 11 is 1.51. The van der Waals surface area contributed by atoms with Crippen molar-refractivity contribution in [2.24, 2.45) is 0 Å². The highest BCUT2D eigenvalue weighted by Gasteiger charge is 2.27. The van der Waals surface area contributed by atoms with E-state index in [9.17, 15) is 13.2 Å². The van der Waals surface area contributed by atoms with Gasteiger partial charge in [0.25, 0.3) is 0 Å². The average molecular weight is 300 g/mol. The summed E-state index contributed by atoms with van der Waals surface area (Å²) in [5.41, 5.74) is 1.83. The molecule has 0 aliphatic carbocycles. The van der Waals surface area contributed by atoms with Crippen LogP contribution in [0.4, 0.5) is 13.2 Å². The molecule has 0 aliphatic rings. The molecule has 0 unspecified atom stereocenters. The van der Waals surface area contributed by atoms with Gasteiger partial charge in [0.2, 0.25) is 0 Å². The fourth-order valence-electron chi connectivity index (χ4n) is 1.77. The van der Waals surface area contributed by atoms with Gasteiger partial charge in [-0.2, -0.15) is 13.2 Å². The predicted molar refractivity (Wildman–Crippen MR) is 74.6 cm³/mol. The number of alkyl halides is 3. The summed E-state index contributed by atoms with van der Waals surface area (Å²) in [6.45, 7) is 0.418. The Morgan fingerprint density at radius 2 is 1.90 bits per heavy atom. The van der Waals surface area contributed by atoms with Crippen molar-refractivity contribution in [2.45, 2.75) is 19.1 Å². The van der Waals surface area contributed by atoms with Gasteiger partial charge in [0.05, 0.1) is 12.1 Å². The molecule has 0 amide bonds. The second kappa shape index (κ2) is 6.37. The molecule has 108 valence electrons. The maximum atomic E-state index is 12.1. The van der Waals surface area contributed by atoms with Crippen LogP contribution in [0.2, 0.25) is 0 Å². The molecule has 2 aromatic rings. The van der Waals surface area contributed by atoms with Crippen LogP contribution >= 0.6 is 11.3 Å². The van der Waals surface area contributed by atoms with Crippen LogP contribution in [0.1, 0.15) is 12.1 Å². The summed E-state index contributed by atoms with van der Waals surface area (Å²) < 4.78 is 36.4. The molecule has 1 heterocycles. The van der Waals surface area contributed by atoms with Crippen molar-refractivity contribution < 1.29 is 13.2 Å². The van der Waals surface area contributed by atoms with Gasteiger partial charge in [-0.1, -0.05) is 30.3 Å². The molecule has 0 N–H and O–H groups in total. The van der Waals surface area contributed by atoms with Crippen molar-refractivity contribution in [3.8, 4) is 10.6 Å². The third-order valence-corrected chi connectivity index (χ3v) is 3.72. The lowest BCUT2D eigenvalue weighted by atomic mass is 10.2. The molecule has 0 saturated carbocycles. The average Bonchev–Trinajstić information content (AvgIpc) is 2.85. The molecule has 0 aliphatic heterocycles. The second-order valence-electron chi connectivity index (χ2n) is 4.61. The van der Waals surface area contributed by atoms with Crippen molar-refractivity contribution in [1.29, 1.82) is 0 Å². The van der Waals surface area contributed by atoms with E-state index in [0.29, 0.717) is 6.54 Å². The fraction of sp³-hybridized carbons (Fsp3) is 0.357. The highest BCUT2D eigenvalue weighted by molar-refractivity contribution is 7.13. The number of rotatable bonds is 5. The largest absolute Gasteiger partial charge is 0.390 e. The van der Waals surface area contributed by atoms with E-state index >= 15 is 0 Å². The van der Waals surface area contributed by atoms with Crippen LogP contribution in [-0.4, -0.2) is 29.7 Å². The van der Waals surface area contributed by atoms with E-state index in [1.54, 1.807) is 11.9 Å². The topological polar surface area (TPSA) is 16.1 Å². The van der Waals surface area contributed by atoms with Gasteiger partial charge >= 0.3 is 6.18 Å². The fourth-order valence-corrected chi connectivity index (χ4v) is 2.58. The molecule has 0 atom stereocenters. The quantitative estimate of drug-likeness (QED) is 0.823. The van der Waals surface area contributed by atoms with E-state index in [1.165, 1.54) is 11.3 Å². The summed E-state index contributed by atoms with van der Waals surface area (Å²) in [5, 5.41) is 2.79. The van der Waals surface area contributed by atoms with Crippen LogP contribution in [0.25, 0.3) is 10.6 Å². The van der Waals surface area contributed by atoms with Gasteiger partial charge in [0, 0.05) is 24.0 Å². The zero-order valence-corrected chi connectivity index (χ0v) is 11.8. The molecule has 0 spiro atoms. The minimum Gasteiger partial charge on any atom is -0.300 e. The highest BCUT2D eigenvalue weighted by Crippen LogP contribution is 2.24. The predicted octanol–water partition coefficient (Wildman–Crippen LogP) is 4.19. The number of halogens is 3. The van der Waals surface area contributed by atoms with Crippen molar-refractivity contribution in [2.75, 3.05) is 13.6 Å². The summed E-state index contributed by atoms with van der Waals surface area (Å²) in [6.07, 6.45) is -4.90. The second-order valence-corrected chi connectivity index (χ2v) is 5.47.